The van der Waals surface area contributed by atoms with Crippen LogP contribution in [0.25, 0.3) is 0 Å². The van der Waals surface area contributed by atoms with Crippen LogP contribution in [0.1, 0.15) is 49.8 Å². The van der Waals surface area contributed by atoms with Crippen LogP contribution in [0.3, 0.4) is 0 Å². The molecule has 0 radical (unpaired) electrons. The van der Waals surface area contributed by atoms with E-state index in [0.717, 1.165) is 42.4 Å². The highest BCUT2D eigenvalue weighted by molar-refractivity contribution is 5.45. The van der Waals surface area contributed by atoms with Gasteiger partial charge in [-0.05, 0) is 71.8 Å². The first-order chi connectivity index (χ1) is 17.1. The Bertz CT molecular complexity index is 1160. The Balaban J connectivity index is 2.09. The summed E-state index contributed by atoms with van der Waals surface area (Å²) in [4.78, 5) is 0. The minimum Gasteiger partial charge on any atom is -0.388 e. The highest BCUT2D eigenvalue weighted by Crippen LogP contribution is 2.46. The van der Waals surface area contributed by atoms with E-state index in [-0.39, 0.29) is 11.3 Å². The van der Waals surface area contributed by atoms with E-state index in [1.165, 1.54) is 0 Å². The topological polar surface area (TPSA) is 99.1 Å². The summed E-state index contributed by atoms with van der Waals surface area (Å²) in [5.74, 6) is 1.70. The normalized spacial score (nSPS) is 11.4. The van der Waals surface area contributed by atoms with Crippen LogP contribution in [0, 0.1) is 40.5 Å². The summed E-state index contributed by atoms with van der Waals surface area (Å²) in [6.45, 7) is 4.42. The Morgan fingerprint density at radius 3 is 1.46 bits per heavy atom. The van der Waals surface area contributed by atoms with E-state index in [0.29, 0.717) is 17.2 Å². The van der Waals surface area contributed by atoms with Gasteiger partial charge >= 0.3 is 0 Å². The zero-order chi connectivity index (χ0) is 25.1. The molecule has 0 bridgehead atoms. The second-order valence-electron chi connectivity index (χ2n) is 8.45. The molecule has 1 atom stereocenters. The van der Waals surface area contributed by atoms with Crippen LogP contribution in [0.4, 0.5) is 0 Å². The standard InChI is InChI=1S/C29H27N3O3/c1-3-4-17-29(24-7-13-27(14-8-24)34-20-31,25-9-15-28(16-10-25)35-21-32)22(2)18-23-5-11-26(12-6-23)33-19-30/h5-16,22H,3-4,17-18H2,1-2H3. The summed E-state index contributed by atoms with van der Waals surface area (Å²) in [6, 6.07) is 23.0. The molecule has 0 saturated carbocycles. The minimum absolute atomic E-state index is 0.183. The Hall–Kier alpha value is -4.47. The molecule has 0 heterocycles. The van der Waals surface area contributed by atoms with Crippen molar-refractivity contribution in [3.8, 4) is 36.0 Å². The first kappa shape index (κ1) is 25.2. The monoisotopic (exact) mass is 465 g/mol. The number of unbranched alkanes of at least 4 members (excludes halogenated alkanes) is 1. The largest absolute Gasteiger partial charge is 0.388 e. The number of rotatable bonds is 11. The highest BCUT2D eigenvalue weighted by atomic mass is 16.5. The van der Waals surface area contributed by atoms with E-state index in [4.69, 9.17) is 30.0 Å². The van der Waals surface area contributed by atoms with Gasteiger partial charge in [0.25, 0.3) is 18.8 Å². The van der Waals surface area contributed by atoms with Crippen LogP contribution in [0.15, 0.2) is 72.8 Å². The maximum absolute atomic E-state index is 8.88. The quantitative estimate of drug-likeness (QED) is 0.295. The first-order valence-corrected chi connectivity index (χ1v) is 11.5. The van der Waals surface area contributed by atoms with Crippen molar-refractivity contribution in [1.82, 2.24) is 0 Å². The van der Waals surface area contributed by atoms with Gasteiger partial charge in [-0.25, -0.2) is 0 Å². The summed E-state index contributed by atoms with van der Waals surface area (Å²) < 4.78 is 15.0. The molecule has 3 rings (SSSR count). The molecule has 6 heteroatoms. The molecular formula is C29H27N3O3. The van der Waals surface area contributed by atoms with Crippen LogP contribution >= 0.6 is 0 Å². The van der Waals surface area contributed by atoms with Gasteiger partial charge in [-0.2, -0.15) is 0 Å². The number of nitrogens with zero attached hydrogens (tertiary/aromatic N) is 3. The Morgan fingerprint density at radius 2 is 1.09 bits per heavy atom. The van der Waals surface area contributed by atoms with Gasteiger partial charge < -0.3 is 14.2 Å². The van der Waals surface area contributed by atoms with Crippen LogP contribution in [0.5, 0.6) is 17.2 Å². The van der Waals surface area contributed by atoms with E-state index in [9.17, 15) is 0 Å². The van der Waals surface area contributed by atoms with E-state index in [1.54, 1.807) is 30.9 Å². The van der Waals surface area contributed by atoms with Gasteiger partial charge in [0.1, 0.15) is 17.2 Å². The van der Waals surface area contributed by atoms with Crippen molar-refractivity contribution < 1.29 is 14.2 Å². The predicted molar refractivity (Wildman–Crippen MR) is 131 cm³/mol. The van der Waals surface area contributed by atoms with Gasteiger partial charge in [0.2, 0.25) is 0 Å². The molecule has 35 heavy (non-hydrogen) atoms. The molecule has 0 aromatic heterocycles. The third-order valence-electron chi connectivity index (χ3n) is 6.46. The highest BCUT2D eigenvalue weighted by Gasteiger charge is 2.39. The summed E-state index contributed by atoms with van der Waals surface area (Å²) >= 11 is 0. The maximum Gasteiger partial charge on any atom is 0.292 e. The zero-order valence-corrected chi connectivity index (χ0v) is 19.9. The van der Waals surface area contributed by atoms with Crippen LogP contribution in [0.2, 0.25) is 0 Å². The van der Waals surface area contributed by atoms with Crippen molar-refractivity contribution >= 4 is 0 Å². The van der Waals surface area contributed by atoms with Gasteiger partial charge in [-0.3, -0.25) is 0 Å². The SMILES string of the molecule is CCCCC(c1ccc(OC#N)cc1)(c1ccc(OC#N)cc1)C(C)Cc1ccc(OC#N)cc1. The molecule has 0 saturated heterocycles. The molecule has 0 N–H and O–H groups in total. The maximum atomic E-state index is 8.88. The third-order valence-corrected chi connectivity index (χ3v) is 6.46. The lowest BCUT2D eigenvalue weighted by Gasteiger charge is -2.41. The fourth-order valence-electron chi connectivity index (χ4n) is 4.75. The van der Waals surface area contributed by atoms with Crippen molar-refractivity contribution in [2.75, 3.05) is 0 Å². The smallest absolute Gasteiger partial charge is 0.292 e. The third kappa shape index (κ3) is 5.91. The van der Waals surface area contributed by atoms with Crippen molar-refractivity contribution in [3.63, 3.8) is 0 Å². The number of ether oxygens (including phenoxy) is 3. The molecule has 3 aromatic carbocycles. The molecule has 0 aliphatic carbocycles. The van der Waals surface area contributed by atoms with Crippen LogP contribution < -0.4 is 14.2 Å². The van der Waals surface area contributed by atoms with Gasteiger partial charge in [0, 0.05) is 5.41 Å². The Kier molecular flexibility index (Phi) is 8.71. The van der Waals surface area contributed by atoms with Gasteiger partial charge in [-0.1, -0.05) is 63.1 Å². The summed E-state index contributed by atoms with van der Waals surface area (Å²) in [5, 5.41) is 26.5. The summed E-state index contributed by atoms with van der Waals surface area (Å²) in [5.41, 5.74) is 3.05. The van der Waals surface area contributed by atoms with Crippen molar-refractivity contribution in [2.45, 2.75) is 44.9 Å². The summed E-state index contributed by atoms with van der Waals surface area (Å²) in [7, 11) is 0. The molecule has 176 valence electrons. The van der Waals surface area contributed by atoms with E-state index < -0.39 is 0 Å². The van der Waals surface area contributed by atoms with Crippen molar-refractivity contribution in [2.24, 2.45) is 5.92 Å². The molecular weight excluding hydrogens is 438 g/mol. The molecule has 0 aliphatic heterocycles. The predicted octanol–water partition coefficient (Wildman–Crippen LogP) is 6.62. The Labute approximate surface area is 206 Å². The van der Waals surface area contributed by atoms with Crippen molar-refractivity contribution in [3.05, 3.63) is 89.5 Å². The second-order valence-corrected chi connectivity index (χ2v) is 8.45. The van der Waals surface area contributed by atoms with Crippen molar-refractivity contribution in [1.29, 1.82) is 15.8 Å². The number of benzene rings is 3. The van der Waals surface area contributed by atoms with Gasteiger partial charge in [0.15, 0.2) is 0 Å². The lowest BCUT2D eigenvalue weighted by atomic mass is 9.62. The lowest BCUT2D eigenvalue weighted by Crippen LogP contribution is -2.36. The van der Waals surface area contributed by atoms with Gasteiger partial charge in [0.05, 0.1) is 0 Å². The molecule has 3 aromatic rings. The summed E-state index contributed by atoms with van der Waals surface area (Å²) in [6.07, 6.45) is 8.92. The zero-order valence-electron chi connectivity index (χ0n) is 19.9. The number of nitriles is 3. The first-order valence-electron chi connectivity index (χ1n) is 11.5. The molecule has 0 aliphatic rings. The Morgan fingerprint density at radius 1 is 0.686 bits per heavy atom. The minimum atomic E-state index is -0.339. The lowest BCUT2D eigenvalue weighted by molar-refractivity contribution is 0.310. The van der Waals surface area contributed by atoms with E-state index in [2.05, 4.69) is 13.8 Å². The average molecular weight is 466 g/mol. The van der Waals surface area contributed by atoms with Crippen LogP contribution in [-0.2, 0) is 11.8 Å². The van der Waals surface area contributed by atoms with Crippen LogP contribution in [-0.4, -0.2) is 0 Å². The second kappa shape index (κ2) is 12.1. The fourth-order valence-corrected chi connectivity index (χ4v) is 4.75. The average Bonchev–Trinajstić information content (AvgIpc) is 2.88. The van der Waals surface area contributed by atoms with E-state index in [1.807, 2.05) is 60.7 Å². The van der Waals surface area contributed by atoms with Gasteiger partial charge in [-0.15, -0.1) is 15.8 Å². The number of hydrogen-bond acceptors (Lipinski definition) is 6. The number of hydrogen-bond donors (Lipinski definition) is 0. The fraction of sp³-hybridized carbons (Fsp3) is 0.276. The van der Waals surface area contributed by atoms with E-state index >= 15 is 0 Å². The molecule has 0 fully saturated rings. The molecule has 0 amide bonds. The molecule has 1 unspecified atom stereocenters. The molecule has 6 nitrogen and oxygen atoms in total. The molecule has 0 spiro atoms.